The topological polar surface area (TPSA) is 42.2 Å². The molecule has 24 heavy (non-hydrogen) atoms. The Bertz CT molecular complexity index is 479. The highest BCUT2D eigenvalue weighted by molar-refractivity contribution is 6.74. The maximum Gasteiger partial charge on any atom is 0.192 e. The van der Waals surface area contributed by atoms with E-state index in [0.29, 0.717) is 17.9 Å². The molecule has 5 atom stereocenters. The van der Waals surface area contributed by atoms with Crippen LogP contribution in [0, 0.1) is 34.5 Å². The summed E-state index contributed by atoms with van der Waals surface area (Å²) < 4.78 is 12.4. The molecule has 0 saturated heterocycles. The fourth-order valence-corrected chi connectivity index (χ4v) is 6.10. The van der Waals surface area contributed by atoms with Gasteiger partial charge in [-0.3, -0.25) is 0 Å². The molecule has 0 aromatic heterocycles. The first-order valence-electron chi connectivity index (χ1n) is 9.61. The summed E-state index contributed by atoms with van der Waals surface area (Å²) in [6.07, 6.45) is 5.83. The van der Waals surface area contributed by atoms with Crippen LogP contribution in [0.25, 0.3) is 0 Å². The molecule has 0 aromatic carbocycles. The van der Waals surface area contributed by atoms with Gasteiger partial charge in [0.15, 0.2) is 8.32 Å². The van der Waals surface area contributed by atoms with Crippen molar-refractivity contribution in [3.63, 3.8) is 0 Å². The minimum Gasteiger partial charge on any atom is -0.413 e. The van der Waals surface area contributed by atoms with E-state index in [1.54, 1.807) is 7.11 Å². The third-order valence-electron chi connectivity index (χ3n) is 7.33. The van der Waals surface area contributed by atoms with Gasteiger partial charge in [-0.25, -0.2) is 0 Å². The average molecular weight is 352 g/mol. The van der Waals surface area contributed by atoms with Gasteiger partial charge in [-0.1, -0.05) is 27.7 Å². The number of hydrogen-bond donors (Lipinski definition) is 0. The second kappa shape index (κ2) is 7.09. The van der Waals surface area contributed by atoms with Crippen molar-refractivity contribution in [1.82, 2.24) is 0 Å². The standard InChI is InChI=1S/C20H37NO2Si/c1-19(2,3)24(6,7)23-18-9-8-16(14-22-5)17-12-15(13-21)10-11-20(17,18)4/h15-18H,8-12,14H2,1-7H3/t15?,16?,17-,18+,20+/m0/s1. The SMILES string of the molecule is COCC1CC[C@@H](O[Si](C)(C)C(C)(C)C)[C@]2(C)CCC(C#N)C[C@@H]12. The molecule has 0 aliphatic heterocycles. The Hall–Kier alpha value is -0.373. The smallest absolute Gasteiger partial charge is 0.192 e. The maximum absolute atomic E-state index is 9.43. The summed E-state index contributed by atoms with van der Waals surface area (Å²) in [6, 6.07) is 2.53. The Morgan fingerprint density at radius 3 is 2.42 bits per heavy atom. The first-order valence-corrected chi connectivity index (χ1v) is 12.5. The van der Waals surface area contributed by atoms with Gasteiger partial charge in [0.05, 0.1) is 12.2 Å². The van der Waals surface area contributed by atoms with Gasteiger partial charge in [-0.05, 0) is 67.5 Å². The normalized spacial score (nSPS) is 37.6. The zero-order valence-corrected chi connectivity index (χ0v) is 17.8. The molecule has 2 aliphatic carbocycles. The van der Waals surface area contributed by atoms with Crippen molar-refractivity contribution < 1.29 is 9.16 Å². The number of hydrogen-bond acceptors (Lipinski definition) is 3. The Labute approximate surface area is 150 Å². The van der Waals surface area contributed by atoms with E-state index in [0.717, 1.165) is 32.3 Å². The van der Waals surface area contributed by atoms with Crippen LogP contribution in [-0.2, 0) is 9.16 Å². The fourth-order valence-electron chi connectivity index (χ4n) is 4.65. The molecule has 3 nitrogen and oxygen atoms in total. The summed E-state index contributed by atoms with van der Waals surface area (Å²) in [6.45, 7) is 15.0. The number of fused-ring (bicyclic) bond motifs is 1. The van der Waals surface area contributed by atoms with Crippen molar-refractivity contribution in [3.05, 3.63) is 0 Å². The predicted molar refractivity (Wildman–Crippen MR) is 101 cm³/mol. The second-order valence-electron chi connectivity index (χ2n) is 9.87. The van der Waals surface area contributed by atoms with Crippen molar-refractivity contribution in [2.45, 2.75) is 84.0 Å². The zero-order valence-electron chi connectivity index (χ0n) is 16.8. The van der Waals surface area contributed by atoms with E-state index >= 15 is 0 Å². The second-order valence-corrected chi connectivity index (χ2v) is 14.6. The molecular formula is C20H37NO2Si. The maximum atomic E-state index is 9.43. The molecule has 2 unspecified atom stereocenters. The van der Waals surface area contributed by atoms with Crippen LogP contribution < -0.4 is 0 Å². The fraction of sp³-hybridized carbons (Fsp3) is 0.950. The molecule has 2 aliphatic rings. The van der Waals surface area contributed by atoms with Crippen molar-refractivity contribution in [1.29, 1.82) is 5.26 Å². The van der Waals surface area contributed by atoms with E-state index < -0.39 is 8.32 Å². The lowest BCUT2D eigenvalue weighted by atomic mass is 9.54. The van der Waals surface area contributed by atoms with E-state index in [2.05, 4.69) is 46.9 Å². The minimum atomic E-state index is -1.78. The van der Waals surface area contributed by atoms with Crippen LogP contribution >= 0.6 is 0 Å². The van der Waals surface area contributed by atoms with Crippen LogP contribution in [0.15, 0.2) is 0 Å². The van der Waals surface area contributed by atoms with Gasteiger partial charge in [0.1, 0.15) is 0 Å². The van der Waals surface area contributed by atoms with E-state index in [1.165, 1.54) is 6.42 Å². The molecule has 0 heterocycles. The van der Waals surface area contributed by atoms with Crippen LogP contribution in [0.2, 0.25) is 18.1 Å². The number of methoxy groups -OCH3 is 1. The molecule has 2 fully saturated rings. The van der Waals surface area contributed by atoms with E-state index in [-0.39, 0.29) is 16.4 Å². The van der Waals surface area contributed by atoms with Crippen molar-refractivity contribution in [3.8, 4) is 6.07 Å². The van der Waals surface area contributed by atoms with E-state index in [4.69, 9.17) is 9.16 Å². The molecule has 0 aromatic rings. The van der Waals surface area contributed by atoms with Crippen molar-refractivity contribution in [2.24, 2.45) is 23.2 Å². The van der Waals surface area contributed by atoms with E-state index in [9.17, 15) is 5.26 Å². The lowest BCUT2D eigenvalue weighted by Gasteiger charge is -2.56. The minimum absolute atomic E-state index is 0.199. The summed E-state index contributed by atoms with van der Waals surface area (Å²) in [5, 5.41) is 9.68. The zero-order chi connectivity index (χ0) is 18.2. The highest BCUT2D eigenvalue weighted by Crippen LogP contribution is 2.56. The molecule has 0 amide bonds. The Balaban J connectivity index is 2.25. The predicted octanol–water partition coefficient (Wildman–Crippen LogP) is 5.38. The van der Waals surface area contributed by atoms with Gasteiger partial charge in [-0.15, -0.1) is 0 Å². The quantitative estimate of drug-likeness (QED) is 0.639. The summed E-state index contributed by atoms with van der Waals surface area (Å²) in [4.78, 5) is 0. The molecule has 2 saturated carbocycles. The van der Waals surface area contributed by atoms with Crippen molar-refractivity contribution in [2.75, 3.05) is 13.7 Å². The highest BCUT2D eigenvalue weighted by atomic mass is 28.4. The number of nitriles is 1. The molecule has 138 valence electrons. The molecule has 0 bridgehead atoms. The monoisotopic (exact) mass is 351 g/mol. The Morgan fingerprint density at radius 2 is 1.88 bits per heavy atom. The lowest BCUT2D eigenvalue weighted by Crippen LogP contribution is -2.56. The molecular weight excluding hydrogens is 314 g/mol. The van der Waals surface area contributed by atoms with E-state index in [1.807, 2.05) is 0 Å². The largest absolute Gasteiger partial charge is 0.413 e. The van der Waals surface area contributed by atoms with Gasteiger partial charge >= 0.3 is 0 Å². The van der Waals surface area contributed by atoms with Gasteiger partial charge in [0.2, 0.25) is 0 Å². The third kappa shape index (κ3) is 3.74. The first kappa shape index (κ1) is 19.9. The summed E-state index contributed by atoms with van der Waals surface area (Å²) in [7, 11) is 0.0280. The van der Waals surface area contributed by atoms with Gasteiger partial charge in [0.25, 0.3) is 0 Å². The molecule has 2 rings (SSSR count). The lowest BCUT2D eigenvalue weighted by molar-refractivity contribution is -0.104. The van der Waals surface area contributed by atoms with Gasteiger partial charge < -0.3 is 9.16 Å². The average Bonchev–Trinajstić information content (AvgIpc) is 2.48. The van der Waals surface area contributed by atoms with Gasteiger partial charge in [0, 0.05) is 19.6 Å². The van der Waals surface area contributed by atoms with Crippen LogP contribution in [0.3, 0.4) is 0 Å². The number of nitrogens with zero attached hydrogens (tertiary/aromatic N) is 1. The highest BCUT2D eigenvalue weighted by Gasteiger charge is 2.53. The molecule has 0 radical (unpaired) electrons. The Morgan fingerprint density at radius 1 is 1.21 bits per heavy atom. The third-order valence-corrected chi connectivity index (χ3v) is 11.8. The van der Waals surface area contributed by atoms with Crippen LogP contribution in [0.5, 0.6) is 0 Å². The molecule has 0 spiro atoms. The summed E-state index contributed by atoms with van der Waals surface area (Å²) >= 11 is 0. The number of ether oxygens (including phenoxy) is 1. The van der Waals surface area contributed by atoms with Gasteiger partial charge in [-0.2, -0.15) is 5.26 Å². The van der Waals surface area contributed by atoms with Crippen LogP contribution in [0.4, 0.5) is 0 Å². The van der Waals surface area contributed by atoms with Crippen molar-refractivity contribution >= 4 is 8.32 Å². The number of rotatable bonds is 4. The summed E-state index contributed by atoms with van der Waals surface area (Å²) in [5.74, 6) is 1.35. The first-order chi connectivity index (χ1) is 11.0. The van der Waals surface area contributed by atoms with Crippen LogP contribution in [0.1, 0.15) is 59.8 Å². The Kier molecular flexibility index (Phi) is 5.89. The van der Waals surface area contributed by atoms with Crippen LogP contribution in [-0.4, -0.2) is 28.1 Å². The summed E-state index contributed by atoms with van der Waals surface area (Å²) in [5.41, 5.74) is 0.199. The molecule has 4 heteroatoms. The molecule has 0 N–H and O–H groups in total.